The van der Waals surface area contributed by atoms with Crippen LogP contribution < -0.4 is 9.46 Å². The number of hydrogen-bond donors (Lipinski definition) is 2. The molecule has 6 nitrogen and oxygen atoms in total. The Morgan fingerprint density at radius 1 is 1.06 bits per heavy atom. The molecule has 0 heterocycles. The fraction of sp³-hybridized carbons (Fsp3) is 0.292. The van der Waals surface area contributed by atoms with Gasteiger partial charge >= 0.3 is 5.97 Å². The van der Waals surface area contributed by atoms with Crippen molar-refractivity contribution in [2.45, 2.75) is 38.0 Å². The zero-order chi connectivity index (χ0) is 22.6. The number of carboxylic acids is 1. The van der Waals surface area contributed by atoms with Gasteiger partial charge in [-0.3, -0.25) is 0 Å². The molecular formula is C24H27NO5S. The Balaban J connectivity index is 1.72. The summed E-state index contributed by atoms with van der Waals surface area (Å²) in [4.78, 5) is 10.9. The van der Waals surface area contributed by atoms with E-state index in [-0.39, 0.29) is 12.5 Å². The average Bonchev–Trinajstić information content (AvgIpc) is 2.89. The van der Waals surface area contributed by atoms with Crippen molar-refractivity contribution in [1.29, 1.82) is 0 Å². The van der Waals surface area contributed by atoms with Gasteiger partial charge < -0.3 is 9.84 Å². The second-order valence-corrected chi connectivity index (χ2v) is 9.55. The van der Waals surface area contributed by atoms with Gasteiger partial charge in [0.2, 0.25) is 10.0 Å². The summed E-state index contributed by atoms with van der Waals surface area (Å²) < 4.78 is 33.9. The molecule has 0 atom stereocenters. The highest BCUT2D eigenvalue weighted by Gasteiger charge is 2.23. The Hall–Kier alpha value is -2.90. The number of sulfonamides is 1. The molecular weight excluding hydrogens is 414 g/mol. The van der Waals surface area contributed by atoms with Gasteiger partial charge in [-0.15, -0.1) is 0 Å². The van der Waals surface area contributed by atoms with E-state index in [1.54, 1.807) is 30.3 Å². The van der Waals surface area contributed by atoms with E-state index in [0.29, 0.717) is 17.1 Å². The Kier molecular flexibility index (Phi) is 6.97. The molecule has 7 heteroatoms. The van der Waals surface area contributed by atoms with Crippen LogP contribution in [0.3, 0.4) is 0 Å². The first kappa shape index (κ1) is 22.8. The maximum atomic E-state index is 13.0. The van der Waals surface area contributed by atoms with Gasteiger partial charge in [0.25, 0.3) is 0 Å². The van der Waals surface area contributed by atoms with Crippen molar-refractivity contribution >= 4 is 16.0 Å². The molecule has 0 amide bonds. The van der Waals surface area contributed by atoms with Crippen LogP contribution in [0.25, 0.3) is 11.1 Å². The number of carboxylic acid groups (broad SMARTS) is 1. The van der Waals surface area contributed by atoms with E-state index in [0.717, 1.165) is 27.8 Å². The predicted octanol–water partition coefficient (Wildman–Crippen LogP) is 4.21. The molecule has 164 valence electrons. The van der Waals surface area contributed by atoms with E-state index in [4.69, 9.17) is 9.84 Å². The normalized spacial score (nSPS) is 11.7. The zero-order valence-electron chi connectivity index (χ0n) is 17.9. The van der Waals surface area contributed by atoms with Crippen LogP contribution in [-0.2, 0) is 21.2 Å². The minimum atomic E-state index is -3.68. The van der Waals surface area contributed by atoms with E-state index in [2.05, 4.69) is 18.6 Å². The lowest BCUT2D eigenvalue weighted by atomic mass is 10.0. The number of fused-ring (bicyclic) bond motifs is 1. The highest BCUT2D eigenvalue weighted by atomic mass is 32.2. The molecule has 2 aliphatic rings. The van der Waals surface area contributed by atoms with Crippen LogP contribution in [0.15, 0.2) is 59.5 Å². The molecule has 2 aliphatic carbocycles. The van der Waals surface area contributed by atoms with Gasteiger partial charge in [-0.05, 0) is 65.8 Å². The SMILES string of the molecule is Cc1cc(S(=O)(=O)NCCc2ccc(OCC(=O)O)cc2)c2cc(C(C)C)cccc1-2. The summed E-state index contributed by atoms with van der Waals surface area (Å²) in [7, 11) is -3.68. The van der Waals surface area contributed by atoms with Crippen LogP contribution in [0.1, 0.15) is 36.5 Å². The van der Waals surface area contributed by atoms with E-state index in [1.807, 2.05) is 31.2 Å². The molecule has 0 aliphatic heterocycles. The van der Waals surface area contributed by atoms with Crippen LogP contribution in [0, 0.1) is 6.92 Å². The van der Waals surface area contributed by atoms with E-state index in [1.165, 1.54) is 0 Å². The summed E-state index contributed by atoms with van der Waals surface area (Å²) in [5.41, 5.74) is 4.60. The summed E-state index contributed by atoms with van der Waals surface area (Å²) in [5.74, 6) is -0.293. The predicted molar refractivity (Wildman–Crippen MR) is 120 cm³/mol. The van der Waals surface area contributed by atoms with Gasteiger partial charge in [0.15, 0.2) is 6.61 Å². The van der Waals surface area contributed by atoms with Gasteiger partial charge in [0, 0.05) is 12.1 Å². The molecule has 0 saturated heterocycles. The number of benzene rings is 1. The number of nitrogens with one attached hydrogen (secondary N) is 1. The third-order valence-corrected chi connectivity index (χ3v) is 6.64. The summed E-state index contributed by atoms with van der Waals surface area (Å²) >= 11 is 0. The molecule has 3 rings (SSSR count). The molecule has 0 bridgehead atoms. The lowest BCUT2D eigenvalue weighted by Crippen LogP contribution is -2.26. The fourth-order valence-corrected chi connectivity index (χ4v) is 4.74. The highest BCUT2D eigenvalue weighted by molar-refractivity contribution is 7.89. The quantitative estimate of drug-likeness (QED) is 0.519. The topological polar surface area (TPSA) is 92.7 Å². The van der Waals surface area contributed by atoms with Crippen LogP contribution in [0.2, 0.25) is 0 Å². The zero-order valence-corrected chi connectivity index (χ0v) is 18.7. The summed E-state index contributed by atoms with van der Waals surface area (Å²) in [6.07, 6.45) is 0.501. The molecule has 1 aromatic carbocycles. The Labute approximate surface area is 183 Å². The van der Waals surface area contributed by atoms with Crippen molar-refractivity contribution in [3.05, 3.63) is 71.3 Å². The molecule has 0 radical (unpaired) electrons. The molecule has 0 spiro atoms. The fourth-order valence-electron chi connectivity index (χ4n) is 3.42. The van der Waals surface area contributed by atoms with Gasteiger partial charge in [-0.2, -0.15) is 0 Å². The van der Waals surface area contributed by atoms with Crippen molar-refractivity contribution in [1.82, 2.24) is 4.72 Å². The first-order chi connectivity index (χ1) is 14.7. The van der Waals surface area contributed by atoms with Gasteiger partial charge in [0.1, 0.15) is 5.75 Å². The standard InChI is InChI=1S/C24H27NO5S/c1-16(2)19-5-4-6-21-17(3)13-23(22(21)14-19)31(28,29)25-12-11-18-7-9-20(10-8-18)30-15-24(26)27/h4-10,13-14,16,25H,11-12,15H2,1-3H3,(H,26,27). The van der Waals surface area contributed by atoms with Crippen LogP contribution in [0.5, 0.6) is 5.75 Å². The van der Waals surface area contributed by atoms with Crippen molar-refractivity contribution in [2.75, 3.05) is 13.2 Å². The van der Waals surface area contributed by atoms with Crippen LogP contribution in [0.4, 0.5) is 0 Å². The van der Waals surface area contributed by atoms with E-state index in [9.17, 15) is 13.2 Å². The first-order valence-electron chi connectivity index (χ1n) is 10.1. The van der Waals surface area contributed by atoms with Crippen molar-refractivity contribution in [2.24, 2.45) is 0 Å². The monoisotopic (exact) mass is 441 g/mol. The number of ether oxygens (including phenoxy) is 1. The molecule has 31 heavy (non-hydrogen) atoms. The molecule has 0 saturated carbocycles. The maximum Gasteiger partial charge on any atom is 0.341 e. The largest absolute Gasteiger partial charge is 0.482 e. The van der Waals surface area contributed by atoms with Gasteiger partial charge in [0.05, 0.1) is 4.90 Å². The first-order valence-corrected chi connectivity index (χ1v) is 11.6. The number of carbonyl (C=O) groups is 1. The summed E-state index contributed by atoms with van der Waals surface area (Å²) in [5, 5.41) is 8.65. The average molecular weight is 442 g/mol. The van der Waals surface area contributed by atoms with Crippen molar-refractivity contribution in [3.63, 3.8) is 0 Å². The Morgan fingerprint density at radius 2 is 1.77 bits per heavy atom. The third kappa shape index (κ3) is 5.62. The lowest BCUT2D eigenvalue weighted by molar-refractivity contribution is -0.139. The minimum absolute atomic E-state index is 0.249. The molecule has 0 fully saturated rings. The van der Waals surface area contributed by atoms with Gasteiger partial charge in [-0.25, -0.2) is 17.9 Å². The number of aliphatic carboxylic acids is 1. The van der Waals surface area contributed by atoms with Crippen molar-refractivity contribution < 1.29 is 23.1 Å². The molecule has 1 aromatic rings. The number of hydrogen-bond acceptors (Lipinski definition) is 4. The smallest absolute Gasteiger partial charge is 0.341 e. The van der Waals surface area contributed by atoms with E-state index < -0.39 is 22.6 Å². The Morgan fingerprint density at radius 3 is 2.42 bits per heavy atom. The molecule has 0 aromatic heterocycles. The second-order valence-electron chi connectivity index (χ2n) is 7.82. The number of rotatable bonds is 9. The van der Waals surface area contributed by atoms with Crippen LogP contribution in [-0.4, -0.2) is 32.6 Å². The summed E-state index contributed by atoms with van der Waals surface area (Å²) in [6.45, 7) is 5.94. The van der Waals surface area contributed by atoms with Gasteiger partial charge in [-0.1, -0.05) is 44.2 Å². The van der Waals surface area contributed by atoms with E-state index >= 15 is 0 Å². The number of aryl methyl sites for hydroxylation is 1. The summed E-state index contributed by atoms with van der Waals surface area (Å²) in [6, 6.07) is 16.6. The maximum absolute atomic E-state index is 13.0. The molecule has 0 unspecified atom stereocenters. The highest BCUT2D eigenvalue weighted by Crippen LogP contribution is 2.36. The second kappa shape index (κ2) is 9.49. The lowest BCUT2D eigenvalue weighted by Gasteiger charge is -2.09. The Bertz CT molecular complexity index is 1140. The third-order valence-electron chi connectivity index (χ3n) is 5.14. The van der Waals surface area contributed by atoms with Crippen LogP contribution >= 0.6 is 0 Å². The minimum Gasteiger partial charge on any atom is -0.482 e. The van der Waals surface area contributed by atoms with Crippen molar-refractivity contribution in [3.8, 4) is 16.9 Å². The molecule has 2 N–H and O–H groups in total.